The van der Waals surface area contributed by atoms with Crippen LogP contribution >= 0.6 is 0 Å². The summed E-state index contributed by atoms with van der Waals surface area (Å²) in [5.74, 6) is -0.0251. The Bertz CT molecular complexity index is 812. The van der Waals surface area contributed by atoms with E-state index in [1.54, 1.807) is 18.2 Å². The molecule has 1 aromatic carbocycles. The summed E-state index contributed by atoms with van der Waals surface area (Å²) in [6.45, 7) is 2.45. The number of fused-ring (bicyclic) bond motifs is 1. The molecule has 7 heteroatoms. The zero-order chi connectivity index (χ0) is 18.6. The second kappa shape index (κ2) is 7.98. The van der Waals surface area contributed by atoms with Gasteiger partial charge in [-0.3, -0.25) is 4.79 Å². The van der Waals surface area contributed by atoms with E-state index in [0.717, 1.165) is 24.8 Å². The largest absolute Gasteiger partial charge is 0.443 e. The lowest BCUT2D eigenvalue weighted by Crippen LogP contribution is -2.46. The first-order valence-corrected chi connectivity index (χ1v) is 9.89. The zero-order valence-corrected chi connectivity index (χ0v) is 15.5. The highest BCUT2D eigenvalue weighted by Gasteiger charge is 2.25. The van der Waals surface area contributed by atoms with Gasteiger partial charge in [-0.2, -0.15) is 0 Å². The lowest BCUT2D eigenvalue weighted by Gasteiger charge is -2.27. The van der Waals surface area contributed by atoms with Gasteiger partial charge in [0.05, 0.1) is 0 Å². The van der Waals surface area contributed by atoms with Crippen LogP contribution in [-0.2, 0) is 0 Å². The van der Waals surface area contributed by atoms with Crippen molar-refractivity contribution in [2.24, 2.45) is 0 Å². The number of aromatic nitrogens is 1. The van der Waals surface area contributed by atoms with Crippen LogP contribution in [0.25, 0.3) is 11.1 Å². The van der Waals surface area contributed by atoms with Crippen LogP contribution < -0.4 is 5.32 Å². The van der Waals surface area contributed by atoms with Crippen molar-refractivity contribution < 1.29 is 14.0 Å². The van der Waals surface area contributed by atoms with Crippen LogP contribution in [0.3, 0.4) is 0 Å². The second-order valence-corrected chi connectivity index (χ2v) is 7.45. The molecule has 0 spiro atoms. The number of nitrogens with zero attached hydrogens (tertiary/aromatic N) is 3. The molecule has 0 atom stereocenters. The number of benzene rings is 1. The molecule has 2 heterocycles. The van der Waals surface area contributed by atoms with E-state index in [1.165, 1.54) is 25.7 Å². The van der Waals surface area contributed by atoms with Crippen LogP contribution in [0.15, 0.2) is 29.0 Å². The highest BCUT2D eigenvalue weighted by molar-refractivity contribution is 5.97. The van der Waals surface area contributed by atoms with Gasteiger partial charge in [0.25, 0.3) is 5.91 Å². The molecule has 144 valence electrons. The number of hydrogen-bond donors (Lipinski definition) is 1. The van der Waals surface area contributed by atoms with Crippen molar-refractivity contribution >= 4 is 23.0 Å². The Hall–Kier alpha value is -2.57. The summed E-state index contributed by atoms with van der Waals surface area (Å²) < 4.78 is 5.30. The predicted octanol–water partition coefficient (Wildman–Crippen LogP) is 3.02. The van der Waals surface area contributed by atoms with E-state index < -0.39 is 0 Å². The molecule has 0 radical (unpaired) electrons. The summed E-state index contributed by atoms with van der Waals surface area (Å²) >= 11 is 0. The topological polar surface area (TPSA) is 78.7 Å². The van der Waals surface area contributed by atoms with E-state index in [9.17, 15) is 9.59 Å². The van der Waals surface area contributed by atoms with Crippen LogP contribution in [0.2, 0.25) is 0 Å². The Kier molecular flexibility index (Phi) is 5.27. The van der Waals surface area contributed by atoms with Gasteiger partial charge in [0.2, 0.25) is 0 Å². The maximum atomic E-state index is 12.9. The number of amides is 3. The third-order valence-electron chi connectivity index (χ3n) is 5.58. The molecule has 0 unspecified atom stereocenters. The standard InChI is InChI=1S/C20H26N4O3/c25-19(15-7-8-17-18(13-15)27-14-21-17)23-9-4-10-24(12-11-23)20(26)22-16-5-2-1-3-6-16/h7-8,13-14,16H,1-6,9-12H2,(H,22,26). The van der Waals surface area contributed by atoms with Crippen molar-refractivity contribution in [2.75, 3.05) is 26.2 Å². The van der Waals surface area contributed by atoms with Crippen LogP contribution in [0.1, 0.15) is 48.9 Å². The third-order valence-corrected chi connectivity index (χ3v) is 5.58. The van der Waals surface area contributed by atoms with Crippen LogP contribution in [0.4, 0.5) is 4.79 Å². The molecule has 1 N–H and O–H groups in total. The minimum Gasteiger partial charge on any atom is -0.443 e. The lowest BCUT2D eigenvalue weighted by atomic mass is 9.96. The number of carbonyl (C=O) groups excluding carboxylic acids is 2. The predicted molar refractivity (Wildman–Crippen MR) is 102 cm³/mol. The van der Waals surface area contributed by atoms with Crippen molar-refractivity contribution in [1.82, 2.24) is 20.1 Å². The first kappa shape index (κ1) is 17.8. The minimum absolute atomic E-state index is 0.0132. The summed E-state index contributed by atoms with van der Waals surface area (Å²) in [5.41, 5.74) is 1.96. The van der Waals surface area contributed by atoms with Gasteiger partial charge in [-0.25, -0.2) is 9.78 Å². The molecule has 2 aromatic rings. The van der Waals surface area contributed by atoms with Crippen LogP contribution in [0, 0.1) is 0 Å². The van der Waals surface area contributed by atoms with Gasteiger partial charge < -0.3 is 19.5 Å². The Morgan fingerprint density at radius 3 is 2.63 bits per heavy atom. The molecule has 1 saturated heterocycles. The first-order chi connectivity index (χ1) is 13.2. The van der Waals surface area contributed by atoms with Gasteiger partial charge in [0, 0.05) is 37.8 Å². The minimum atomic E-state index is -0.0251. The number of nitrogens with one attached hydrogen (secondary N) is 1. The van der Waals surface area contributed by atoms with Gasteiger partial charge in [0.1, 0.15) is 5.52 Å². The average Bonchev–Trinajstić information content (AvgIpc) is 3.02. The fourth-order valence-corrected chi connectivity index (χ4v) is 4.01. The molecule has 2 aliphatic rings. The lowest BCUT2D eigenvalue weighted by molar-refractivity contribution is 0.0762. The van der Waals surface area contributed by atoms with E-state index in [0.29, 0.717) is 43.4 Å². The number of urea groups is 1. The van der Waals surface area contributed by atoms with Gasteiger partial charge >= 0.3 is 6.03 Å². The number of rotatable bonds is 2. The molecule has 0 bridgehead atoms. The second-order valence-electron chi connectivity index (χ2n) is 7.45. The van der Waals surface area contributed by atoms with Crippen LogP contribution in [0.5, 0.6) is 0 Å². The number of oxazole rings is 1. The molecule has 1 aromatic heterocycles. The van der Waals surface area contributed by atoms with Crippen molar-refractivity contribution in [2.45, 2.75) is 44.6 Å². The van der Waals surface area contributed by atoms with Crippen molar-refractivity contribution in [3.63, 3.8) is 0 Å². The maximum Gasteiger partial charge on any atom is 0.317 e. The van der Waals surface area contributed by atoms with E-state index >= 15 is 0 Å². The Morgan fingerprint density at radius 1 is 1.00 bits per heavy atom. The summed E-state index contributed by atoms with van der Waals surface area (Å²) in [6, 6.07) is 5.64. The highest BCUT2D eigenvalue weighted by Crippen LogP contribution is 2.19. The van der Waals surface area contributed by atoms with E-state index in [4.69, 9.17) is 4.42 Å². The molecule has 1 aliphatic heterocycles. The molecule has 1 aliphatic carbocycles. The van der Waals surface area contributed by atoms with Crippen LogP contribution in [-0.4, -0.2) is 58.9 Å². The van der Waals surface area contributed by atoms with Crippen molar-refractivity contribution in [3.8, 4) is 0 Å². The number of hydrogen-bond acceptors (Lipinski definition) is 4. The zero-order valence-electron chi connectivity index (χ0n) is 15.5. The smallest absolute Gasteiger partial charge is 0.317 e. The Balaban J connectivity index is 1.35. The van der Waals surface area contributed by atoms with Gasteiger partial charge in [-0.1, -0.05) is 19.3 Å². The quantitative estimate of drug-likeness (QED) is 0.881. The monoisotopic (exact) mass is 370 g/mol. The van der Waals surface area contributed by atoms with Crippen molar-refractivity contribution in [3.05, 3.63) is 30.2 Å². The summed E-state index contributed by atoms with van der Waals surface area (Å²) in [4.78, 5) is 33.2. The third kappa shape index (κ3) is 4.07. The van der Waals surface area contributed by atoms with Gasteiger partial charge in [-0.15, -0.1) is 0 Å². The average molecular weight is 370 g/mol. The highest BCUT2D eigenvalue weighted by atomic mass is 16.3. The summed E-state index contributed by atoms with van der Waals surface area (Å²) in [5, 5.41) is 3.17. The maximum absolute atomic E-state index is 12.9. The molecule has 27 heavy (non-hydrogen) atoms. The van der Waals surface area contributed by atoms with Gasteiger partial charge in [0.15, 0.2) is 12.0 Å². The first-order valence-electron chi connectivity index (χ1n) is 9.89. The van der Waals surface area contributed by atoms with Gasteiger partial charge in [-0.05, 0) is 37.5 Å². The SMILES string of the molecule is O=C(NC1CCCCC1)N1CCCN(C(=O)c2ccc3ncoc3c2)CC1. The number of carbonyl (C=O) groups is 2. The normalized spacial score (nSPS) is 19.1. The fraction of sp³-hybridized carbons (Fsp3) is 0.550. The molecular weight excluding hydrogens is 344 g/mol. The van der Waals surface area contributed by atoms with E-state index in [-0.39, 0.29) is 11.9 Å². The Morgan fingerprint density at radius 2 is 1.78 bits per heavy atom. The summed E-state index contributed by atoms with van der Waals surface area (Å²) in [7, 11) is 0. The summed E-state index contributed by atoms with van der Waals surface area (Å²) in [6.07, 6.45) is 7.99. The molecule has 7 nitrogen and oxygen atoms in total. The molecule has 3 amide bonds. The molecule has 4 rings (SSSR count). The molecule has 1 saturated carbocycles. The fourth-order valence-electron chi connectivity index (χ4n) is 4.01. The van der Waals surface area contributed by atoms with E-state index in [1.807, 2.05) is 9.80 Å². The molecule has 2 fully saturated rings. The molecular formula is C20H26N4O3. The van der Waals surface area contributed by atoms with E-state index in [2.05, 4.69) is 10.3 Å². The van der Waals surface area contributed by atoms with Crippen molar-refractivity contribution in [1.29, 1.82) is 0 Å². The Labute approximate surface area is 158 Å².